The highest BCUT2D eigenvalue weighted by atomic mass is 16.6. The van der Waals surface area contributed by atoms with E-state index in [0.29, 0.717) is 18.7 Å². The van der Waals surface area contributed by atoms with Crippen molar-refractivity contribution in [2.45, 2.75) is 19.8 Å². The third-order valence-electron chi connectivity index (χ3n) is 2.15. The quantitative estimate of drug-likeness (QED) is 0.694. The van der Waals surface area contributed by atoms with Crippen molar-refractivity contribution in [2.75, 3.05) is 13.7 Å². The number of hydrogen-bond acceptors (Lipinski definition) is 5. The zero-order valence-electron chi connectivity index (χ0n) is 9.93. The van der Waals surface area contributed by atoms with Crippen LogP contribution in [0.1, 0.15) is 18.9 Å². The van der Waals surface area contributed by atoms with Crippen molar-refractivity contribution >= 4 is 11.8 Å². The third kappa shape index (κ3) is 4.63. The Morgan fingerprint density at radius 3 is 2.82 bits per heavy atom. The first-order valence-corrected chi connectivity index (χ1v) is 5.26. The molecule has 0 aliphatic carbocycles. The van der Waals surface area contributed by atoms with E-state index < -0.39 is 5.97 Å². The normalized spacial score (nSPS) is 9.76. The Kier molecular flexibility index (Phi) is 5.13. The van der Waals surface area contributed by atoms with Gasteiger partial charge in [0.2, 0.25) is 5.88 Å². The number of carbonyl (C=O) groups is 2. The van der Waals surface area contributed by atoms with E-state index in [2.05, 4.69) is 9.72 Å². The van der Waals surface area contributed by atoms with Crippen LogP contribution in [0.3, 0.4) is 0 Å². The van der Waals surface area contributed by atoms with Crippen molar-refractivity contribution in [1.82, 2.24) is 4.98 Å². The van der Waals surface area contributed by atoms with Gasteiger partial charge in [-0.25, -0.2) is 9.78 Å². The smallest absolute Gasteiger partial charge is 0.343 e. The van der Waals surface area contributed by atoms with E-state index in [9.17, 15) is 9.59 Å². The summed E-state index contributed by atoms with van der Waals surface area (Å²) in [6.07, 6.45) is 2.56. The van der Waals surface area contributed by atoms with Gasteiger partial charge in [0, 0.05) is 18.2 Å². The molecular weight excluding hydrogens is 222 g/mol. The molecule has 0 radical (unpaired) electrons. The van der Waals surface area contributed by atoms with Crippen molar-refractivity contribution in [1.29, 1.82) is 0 Å². The van der Waals surface area contributed by atoms with Gasteiger partial charge in [-0.15, -0.1) is 0 Å². The molecule has 0 aliphatic rings. The van der Waals surface area contributed by atoms with Crippen LogP contribution in [0.4, 0.5) is 0 Å². The molecule has 0 aliphatic heterocycles. The Labute approximate surface area is 99.8 Å². The summed E-state index contributed by atoms with van der Waals surface area (Å²) in [7, 11) is 1.29. The maximum atomic E-state index is 10.9. The Balaban J connectivity index is 2.63. The number of ketones is 1. The van der Waals surface area contributed by atoms with Gasteiger partial charge in [-0.1, -0.05) is 6.07 Å². The number of esters is 1. The fourth-order valence-electron chi connectivity index (χ4n) is 1.24. The van der Waals surface area contributed by atoms with Crippen molar-refractivity contribution in [2.24, 2.45) is 0 Å². The zero-order valence-corrected chi connectivity index (χ0v) is 9.93. The minimum atomic E-state index is -0.465. The number of aryl methyl sites for hydroxylation is 1. The third-order valence-corrected chi connectivity index (χ3v) is 2.15. The van der Waals surface area contributed by atoms with Crippen LogP contribution >= 0.6 is 0 Å². The molecule has 1 aromatic rings. The van der Waals surface area contributed by atoms with Crippen molar-refractivity contribution in [3.8, 4) is 5.88 Å². The van der Waals surface area contributed by atoms with E-state index in [4.69, 9.17) is 4.74 Å². The molecule has 5 heteroatoms. The molecule has 1 aromatic heterocycles. The molecule has 0 saturated heterocycles. The highest BCUT2D eigenvalue weighted by Gasteiger charge is 2.08. The Bertz CT molecular complexity index is 403. The second-order valence-electron chi connectivity index (χ2n) is 3.53. The highest BCUT2D eigenvalue weighted by molar-refractivity contribution is 5.75. The summed E-state index contributed by atoms with van der Waals surface area (Å²) in [5.41, 5.74) is 0.812. The predicted octanol–water partition coefficient (Wildman–Crippen LogP) is 1.16. The van der Waals surface area contributed by atoms with Gasteiger partial charge in [-0.3, -0.25) is 0 Å². The predicted molar refractivity (Wildman–Crippen MR) is 60.8 cm³/mol. The van der Waals surface area contributed by atoms with E-state index in [1.807, 2.05) is 6.07 Å². The maximum Gasteiger partial charge on any atom is 0.343 e. The fourth-order valence-corrected chi connectivity index (χ4v) is 1.24. The van der Waals surface area contributed by atoms with Gasteiger partial charge < -0.3 is 14.3 Å². The molecular formula is C12H15NO4. The molecule has 0 bridgehead atoms. The number of Topliss-reactive ketones (excluding diaryl/α,β-unsaturated/α-hetero) is 1. The van der Waals surface area contributed by atoms with Crippen molar-refractivity contribution < 1.29 is 19.1 Å². The van der Waals surface area contributed by atoms with E-state index in [1.54, 1.807) is 12.3 Å². The number of rotatable bonds is 6. The van der Waals surface area contributed by atoms with Crippen LogP contribution in [0.5, 0.6) is 5.88 Å². The number of nitrogens with zero attached hydrogens (tertiary/aromatic N) is 1. The SMILES string of the molecule is COC(=O)COc1ncccc1CCC(C)=O. The summed E-state index contributed by atoms with van der Waals surface area (Å²) in [5.74, 6) is 0.0140. The lowest BCUT2D eigenvalue weighted by molar-refractivity contribution is -0.143. The summed E-state index contributed by atoms with van der Waals surface area (Å²) in [6, 6.07) is 3.59. The van der Waals surface area contributed by atoms with Crippen LogP contribution < -0.4 is 4.74 Å². The number of ether oxygens (including phenoxy) is 2. The summed E-state index contributed by atoms with van der Waals surface area (Å²) in [5, 5.41) is 0. The summed E-state index contributed by atoms with van der Waals surface area (Å²) in [4.78, 5) is 25.9. The van der Waals surface area contributed by atoms with Crippen LogP contribution in [0, 0.1) is 0 Å². The lowest BCUT2D eigenvalue weighted by atomic mass is 10.1. The molecule has 1 rings (SSSR count). The molecule has 0 atom stereocenters. The molecule has 17 heavy (non-hydrogen) atoms. The maximum absolute atomic E-state index is 10.9. The molecule has 0 fully saturated rings. The lowest BCUT2D eigenvalue weighted by Gasteiger charge is -2.08. The first-order valence-electron chi connectivity index (χ1n) is 5.26. The summed E-state index contributed by atoms with van der Waals surface area (Å²) in [6.45, 7) is 1.35. The average molecular weight is 237 g/mol. The molecule has 0 amide bonds. The van der Waals surface area contributed by atoms with Gasteiger partial charge in [0.15, 0.2) is 6.61 Å². The van der Waals surface area contributed by atoms with Gasteiger partial charge in [-0.2, -0.15) is 0 Å². The second-order valence-corrected chi connectivity index (χ2v) is 3.53. The molecule has 0 spiro atoms. The fraction of sp³-hybridized carbons (Fsp3) is 0.417. The van der Waals surface area contributed by atoms with Gasteiger partial charge in [0.1, 0.15) is 5.78 Å². The van der Waals surface area contributed by atoms with E-state index in [-0.39, 0.29) is 12.4 Å². The summed E-state index contributed by atoms with van der Waals surface area (Å²) >= 11 is 0. The number of aromatic nitrogens is 1. The van der Waals surface area contributed by atoms with E-state index >= 15 is 0 Å². The molecule has 92 valence electrons. The zero-order chi connectivity index (χ0) is 12.7. The van der Waals surface area contributed by atoms with Crippen LogP contribution in [-0.2, 0) is 20.7 Å². The Morgan fingerprint density at radius 1 is 1.41 bits per heavy atom. The van der Waals surface area contributed by atoms with Gasteiger partial charge in [-0.05, 0) is 19.4 Å². The monoisotopic (exact) mass is 237 g/mol. The molecule has 5 nitrogen and oxygen atoms in total. The molecule has 0 saturated carbocycles. The number of pyridine rings is 1. The molecule has 0 N–H and O–H groups in total. The second kappa shape index (κ2) is 6.62. The van der Waals surface area contributed by atoms with Gasteiger partial charge in [0.25, 0.3) is 0 Å². The van der Waals surface area contributed by atoms with E-state index in [0.717, 1.165) is 5.56 Å². The van der Waals surface area contributed by atoms with Crippen LogP contribution in [0.25, 0.3) is 0 Å². The average Bonchev–Trinajstić information content (AvgIpc) is 2.34. The van der Waals surface area contributed by atoms with Crippen LogP contribution in [-0.4, -0.2) is 30.5 Å². The van der Waals surface area contributed by atoms with Crippen LogP contribution in [0.15, 0.2) is 18.3 Å². The van der Waals surface area contributed by atoms with Gasteiger partial charge in [0.05, 0.1) is 7.11 Å². The first-order chi connectivity index (χ1) is 8.13. The number of carbonyl (C=O) groups excluding carboxylic acids is 2. The first kappa shape index (κ1) is 13.2. The molecule has 0 unspecified atom stereocenters. The minimum absolute atomic E-state index is 0.104. The minimum Gasteiger partial charge on any atom is -0.466 e. The Morgan fingerprint density at radius 2 is 2.18 bits per heavy atom. The Hall–Kier alpha value is -1.91. The van der Waals surface area contributed by atoms with Crippen molar-refractivity contribution in [3.63, 3.8) is 0 Å². The lowest BCUT2D eigenvalue weighted by Crippen LogP contribution is -2.14. The summed E-state index contributed by atoms with van der Waals surface area (Å²) < 4.78 is 9.69. The molecule has 0 aromatic carbocycles. The number of methoxy groups -OCH3 is 1. The highest BCUT2D eigenvalue weighted by Crippen LogP contribution is 2.16. The van der Waals surface area contributed by atoms with Crippen LogP contribution in [0.2, 0.25) is 0 Å². The van der Waals surface area contributed by atoms with Gasteiger partial charge >= 0.3 is 5.97 Å². The largest absolute Gasteiger partial charge is 0.466 e. The van der Waals surface area contributed by atoms with E-state index in [1.165, 1.54) is 14.0 Å². The molecule has 1 heterocycles. The standard InChI is InChI=1S/C12H15NO4/c1-9(14)5-6-10-4-3-7-13-12(10)17-8-11(15)16-2/h3-4,7H,5-6,8H2,1-2H3. The van der Waals surface area contributed by atoms with Crippen molar-refractivity contribution in [3.05, 3.63) is 23.9 Å². The topological polar surface area (TPSA) is 65.5 Å². The number of hydrogen-bond donors (Lipinski definition) is 0.